The molecule has 216 valence electrons. The van der Waals surface area contributed by atoms with Crippen LogP contribution in [0.3, 0.4) is 0 Å². The van der Waals surface area contributed by atoms with Gasteiger partial charge < -0.3 is 0 Å². The second-order valence-corrected chi connectivity index (χ2v) is 12.9. The molecule has 0 aliphatic heterocycles. The highest BCUT2D eigenvalue weighted by Gasteiger charge is 2.15. The predicted molar refractivity (Wildman–Crippen MR) is 178 cm³/mol. The van der Waals surface area contributed by atoms with Crippen molar-refractivity contribution in [2.24, 2.45) is 0 Å². The number of benzene rings is 3. The Balaban J connectivity index is 0.000000295. The monoisotopic (exact) mass is 528 g/mol. The molecule has 0 N–H and O–H groups in total. The van der Waals surface area contributed by atoms with E-state index in [0.717, 1.165) is 0 Å². The molecule has 0 atom stereocenters. The van der Waals surface area contributed by atoms with Gasteiger partial charge in [-0.1, -0.05) is 59.7 Å². The zero-order chi connectivity index (χ0) is 30.5. The van der Waals surface area contributed by atoms with Crippen molar-refractivity contribution in [3.63, 3.8) is 0 Å². The van der Waals surface area contributed by atoms with Crippen LogP contribution in [0, 0.1) is 83.1 Å². The molecule has 0 aliphatic rings. The van der Waals surface area contributed by atoms with Gasteiger partial charge in [0.15, 0.2) is 0 Å². The van der Waals surface area contributed by atoms with Gasteiger partial charge in [0.25, 0.3) is 0 Å². The van der Waals surface area contributed by atoms with Crippen molar-refractivity contribution in [3.8, 4) is 0 Å². The Hall–Kier alpha value is -2.34. The van der Waals surface area contributed by atoms with Gasteiger partial charge in [0.2, 0.25) is 0 Å². The molecule has 0 amide bonds. The highest BCUT2D eigenvalue weighted by molar-refractivity contribution is 5.51. The van der Waals surface area contributed by atoms with Crippen molar-refractivity contribution < 1.29 is 0 Å². The summed E-state index contributed by atoms with van der Waals surface area (Å²) in [4.78, 5) is 0. The minimum Gasteiger partial charge on any atom is -0.0588 e. The molecule has 0 fully saturated rings. The molecular weight excluding hydrogens is 468 g/mol. The molecule has 0 bridgehead atoms. The van der Waals surface area contributed by atoms with Gasteiger partial charge >= 0.3 is 0 Å². The first-order chi connectivity index (χ1) is 17.9. The van der Waals surface area contributed by atoms with Crippen LogP contribution in [-0.2, 0) is 0 Å². The molecule has 0 aliphatic carbocycles. The molecule has 0 heteroatoms. The maximum atomic E-state index is 2.28. The van der Waals surface area contributed by atoms with E-state index in [9.17, 15) is 0 Å². The summed E-state index contributed by atoms with van der Waals surface area (Å²) in [5.74, 6) is 1.91. The van der Waals surface area contributed by atoms with Crippen molar-refractivity contribution in [3.05, 3.63) is 102 Å². The van der Waals surface area contributed by atoms with Crippen LogP contribution in [0.2, 0.25) is 0 Å². The quantitative estimate of drug-likeness (QED) is 0.317. The fourth-order valence-electron chi connectivity index (χ4n) is 5.91. The second kappa shape index (κ2) is 14.3. The predicted octanol–water partition coefficient (Wildman–Crippen LogP) is 12.1. The Bertz CT molecular complexity index is 1150. The van der Waals surface area contributed by atoms with Crippen LogP contribution in [-0.4, -0.2) is 0 Å². The van der Waals surface area contributed by atoms with E-state index in [1.165, 1.54) is 72.3 Å². The van der Waals surface area contributed by atoms with Gasteiger partial charge in [-0.25, -0.2) is 0 Å². The summed E-state index contributed by atoms with van der Waals surface area (Å²) in [6, 6.07) is 6.69. The third-order valence-corrected chi connectivity index (χ3v) is 9.47. The molecule has 0 heterocycles. The van der Waals surface area contributed by atoms with E-state index in [2.05, 4.69) is 143 Å². The zero-order valence-electron chi connectivity index (χ0n) is 29.0. The Morgan fingerprint density at radius 2 is 0.615 bits per heavy atom. The number of rotatable bonds is 3. The smallest absolute Gasteiger partial charge is 0.0213 e. The first kappa shape index (κ1) is 34.7. The lowest BCUT2D eigenvalue weighted by atomic mass is 9.85. The largest absolute Gasteiger partial charge is 0.0588 e. The van der Waals surface area contributed by atoms with E-state index < -0.39 is 0 Å². The minimum atomic E-state index is 0.632. The fourth-order valence-corrected chi connectivity index (χ4v) is 5.91. The van der Waals surface area contributed by atoms with Crippen LogP contribution in [0.15, 0.2) is 18.2 Å². The maximum Gasteiger partial charge on any atom is -0.0213 e. The molecule has 3 aromatic rings. The molecule has 39 heavy (non-hydrogen) atoms. The summed E-state index contributed by atoms with van der Waals surface area (Å²) in [6.07, 6.45) is 0. The maximum absolute atomic E-state index is 2.28. The van der Waals surface area contributed by atoms with E-state index >= 15 is 0 Å². The normalized spacial score (nSPS) is 11.0. The Morgan fingerprint density at radius 3 is 0.846 bits per heavy atom. The number of hydrogen-bond acceptors (Lipinski definition) is 0. The van der Waals surface area contributed by atoms with Gasteiger partial charge in [-0.3, -0.25) is 0 Å². The van der Waals surface area contributed by atoms with Crippen LogP contribution in [0.5, 0.6) is 0 Å². The summed E-state index contributed by atoms with van der Waals surface area (Å²) < 4.78 is 0. The van der Waals surface area contributed by atoms with Crippen LogP contribution in [0.1, 0.15) is 143 Å². The summed E-state index contributed by atoms with van der Waals surface area (Å²) in [5.41, 5.74) is 22.1. The van der Waals surface area contributed by atoms with E-state index in [4.69, 9.17) is 0 Å². The first-order valence-electron chi connectivity index (χ1n) is 15.1. The zero-order valence-corrected chi connectivity index (χ0v) is 29.0. The third-order valence-electron chi connectivity index (χ3n) is 9.47. The lowest BCUT2D eigenvalue weighted by Crippen LogP contribution is -2.04. The molecule has 3 aromatic carbocycles. The molecular formula is C39H60. The van der Waals surface area contributed by atoms with Gasteiger partial charge in [-0.05, 0) is 184 Å². The van der Waals surface area contributed by atoms with Crippen molar-refractivity contribution >= 4 is 0 Å². The molecule has 3 rings (SSSR count). The number of hydrogen-bond donors (Lipinski definition) is 0. The van der Waals surface area contributed by atoms with Crippen LogP contribution in [0.25, 0.3) is 0 Å². The van der Waals surface area contributed by atoms with Crippen LogP contribution < -0.4 is 0 Å². The lowest BCUT2D eigenvalue weighted by molar-refractivity contribution is 0.837. The van der Waals surface area contributed by atoms with E-state index in [-0.39, 0.29) is 0 Å². The Morgan fingerprint density at radius 1 is 0.333 bits per heavy atom. The van der Waals surface area contributed by atoms with Crippen molar-refractivity contribution in [1.82, 2.24) is 0 Å². The summed E-state index contributed by atoms with van der Waals surface area (Å²) >= 11 is 0. The topological polar surface area (TPSA) is 0 Å². The van der Waals surface area contributed by atoms with Gasteiger partial charge in [0.05, 0.1) is 0 Å². The molecule has 0 saturated heterocycles. The summed E-state index contributed by atoms with van der Waals surface area (Å²) in [6.45, 7) is 40.3. The highest BCUT2D eigenvalue weighted by Crippen LogP contribution is 2.32. The van der Waals surface area contributed by atoms with Gasteiger partial charge in [-0.2, -0.15) is 0 Å². The minimum absolute atomic E-state index is 0.632. The summed E-state index contributed by atoms with van der Waals surface area (Å²) in [7, 11) is 0. The number of aryl methyl sites for hydroxylation is 2. The van der Waals surface area contributed by atoms with E-state index in [1.54, 1.807) is 11.1 Å². The van der Waals surface area contributed by atoms with Crippen molar-refractivity contribution in [2.75, 3.05) is 0 Å². The second-order valence-electron chi connectivity index (χ2n) is 12.9. The van der Waals surface area contributed by atoms with Crippen LogP contribution >= 0.6 is 0 Å². The van der Waals surface area contributed by atoms with Crippen molar-refractivity contribution in [2.45, 2.75) is 142 Å². The fraction of sp³-hybridized carbons (Fsp3) is 0.538. The van der Waals surface area contributed by atoms with E-state index in [0.29, 0.717) is 17.8 Å². The van der Waals surface area contributed by atoms with E-state index in [1.807, 2.05) is 0 Å². The van der Waals surface area contributed by atoms with Crippen LogP contribution in [0.4, 0.5) is 0 Å². The average molecular weight is 529 g/mol. The average Bonchev–Trinajstić information content (AvgIpc) is 2.86. The molecule has 0 nitrogen and oxygen atoms in total. The Labute approximate surface area is 243 Å². The molecule has 0 saturated carbocycles. The molecule has 0 radical (unpaired) electrons. The molecule has 0 spiro atoms. The van der Waals surface area contributed by atoms with Gasteiger partial charge in [0, 0.05) is 0 Å². The van der Waals surface area contributed by atoms with Gasteiger partial charge in [0.1, 0.15) is 0 Å². The SMILES string of the molecule is Cc1c(C)c(C)c(C(C)C)c(C)c1C.Cc1c(C)c(C)c(C(C)C)c(C)c1C.Cc1ccc(C(C)C)cc1C. The standard InChI is InChI=1S/2C14H22.C11H16/c2*1-8(2)14-12(6)10(4)9(3)11(5)13(14)7;1-8(2)11-6-5-9(3)10(4)7-11/h2*8H,1-7H3;5-8H,1-4H3. The van der Waals surface area contributed by atoms with Crippen molar-refractivity contribution in [1.29, 1.82) is 0 Å². The third kappa shape index (κ3) is 8.09. The Kier molecular flexibility index (Phi) is 12.8. The lowest BCUT2D eigenvalue weighted by Gasteiger charge is -2.21. The summed E-state index contributed by atoms with van der Waals surface area (Å²) in [5, 5.41) is 0. The molecule has 0 aromatic heterocycles. The van der Waals surface area contributed by atoms with Gasteiger partial charge in [-0.15, -0.1) is 0 Å². The molecule has 0 unspecified atom stereocenters. The highest BCUT2D eigenvalue weighted by atomic mass is 14.2. The first-order valence-corrected chi connectivity index (χ1v) is 15.1.